The van der Waals surface area contributed by atoms with E-state index in [1.54, 1.807) is 6.08 Å². The number of hydrogen-bond acceptors (Lipinski definition) is 5. The molecule has 0 aliphatic carbocycles. The smallest absolute Gasteiger partial charge is 0.277 e. The first-order valence-electron chi connectivity index (χ1n) is 8.75. The summed E-state index contributed by atoms with van der Waals surface area (Å²) in [6.07, 6.45) is 8.16. The van der Waals surface area contributed by atoms with Gasteiger partial charge in [0.25, 0.3) is 5.22 Å². The fourth-order valence-electron chi connectivity index (χ4n) is 3.04. The summed E-state index contributed by atoms with van der Waals surface area (Å²) >= 11 is 1.31. The van der Waals surface area contributed by atoms with E-state index < -0.39 is 0 Å². The number of rotatable bonds is 6. The molecule has 0 spiro atoms. The molecule has 5 nitrogen and oxygen atoms in total. The number of carbonyl (C=O) groups is 1. The Kier molecular flexibility index (Phi) is 6.28. The average Bonchev–Trinajstić information content (AvgIpc) is 3.13. The van der Waals surface area contributed by atoms with Crippen molar-refractivity contribution in [1.82, 2.24) is 15.1 Å². The molecule has 1 aliphatic rings. The molecule has 1 fully saturated rings. The molecular formula is C19H23N3O2S. The number of likely N-dealkylation sites (tertiary alicyclic amines) is 1. The highest BCUT2D eigenvalue weighted by Gasteiger charge is 2.25. The summed E-state index contributed by atoms with van der Waals surface area (Å²) in [5.74, 6) is 0.958. The van der Waals surface area contributed by atoms with Gasteiger partial charge in [-0.3, -0.25) is 4.79 Å². The van der Waals surface area contributed by atoms with Gasteiger partial charge >= 0.3 is 0 Å². The predicted octanol–water partition coefficient (Wildman–Crippen LogP) is 4.12. The van der Waals surface area contributed by atoms with E-state index >= 15 is 0 Å². The third kappa shape index (κ3) is 4.95. The second-order valence-electron chi connectivity index (χ2n) is 6.08. The maximum absolute atomic E-state index is 12.5. The average molecular weight is 357 g/mol. The first-order valence-corrected chi connectivity index (χ1v) is 9.73. The molecule has 1 amide bonds. The Morgan fingerprint density at radius 2 is 2.12 bits per heavy atom. The lowest BCUT2D eigenvalue weighted by Gasteiger charge is -2.35. The third-order valence-corrected chi connectivity index (χ3v) is 5.18. The minimum absolute atomic E-state index is 0.163. The Morgan fingerprint density at radius 1 is 1.28 bits per heavy atom. The molecule has 132 valence electrons. The Bertz CT molecular complexity index is 714. The largest absolute Gasteiger partial charge is 0.412 e. The van der Waals surface area contributed by atoms with Crippen LogP contribution in [0, 0.1) is 0 Å². The van der Waals surface area contributed by atoms with Gasteiger partial charge < -0.3 is 9.32 Å². The summed E-state index contributed by atoms with van der Waals surface area (Å²) in [6.45, 7) is 3.01. The number of thioether (sulfide) groups is 1. The van der Waals surface area contributed by atoms with Gasteiger partial charge in [0.2, 0.25) is 11.8 Å². The second kappa shape index (κ2) is 8.85. The Balaban J connectivity index is 1.53. The second-order valence-corrected chi connectivity index (χ2v) is 7.01. The first-order chi connectivity index (χ1) is 12.3. The summed E-state index contributed by atoms with van der Waals surface area (Å²) in [5, 5.41) is 8.45. The molecule has 1 aromatic carbocycles. The van der Waals surface area contributed by atoms with E-state index in [0.717, 1.165) is 31.4 Å². The minimum atomic E-state index is 0.163. The number of nitrogens with zero attached hydrogens (tertiary/aromatic N) is 3. The molecule has 25 heavy (non-hydrogen) atoms. The molecule has 0 saturated carbocycles. The minimum Gasteiger partial charge on any atom is -0.412 e. The summed E-state index contributed by atoms with van der Waals surface area (Å²) in [4.78, 5) is 14.5. The molecule has 6 heteroatoms. The van der Waals surface area contributed by atoms with Crippen molar-refractivity contribution < 1.29 is 9.21 Å². The predicted molar refractivity (Wildman–Crippen MR) is 100 cm³/mol. The zero-order chi connectivity index (χ0) is 17.5. The van der Waals surface area contributed by atoms with Gasteiger partial charge in [0.05, 0.1) is 5.75 Å². The van der Waals surface area contributed by atoms with Crippen LogP contribution < -0.4 is 0 Å². The fourth-order valence-corrected chi connectivity index (χ4v) is 3.69. The molecule has 1 aliphatic heterocycles. The molecule has 0 N–H and O–H groups in total. The van der Waals surface area contributed by atoms with Crippen molar-refractivity contribution in [3.63, 3.8) is 0 Å². The molecule has 1 atom stereocenters. The zero-order valence-corrected chi connectivity index (χ0v) is 15.2. The highest BCUT2D eigenvalue weighted by molar-refractivity contribution is 7.99. The molecular weight excluding hydrogens is 334 g/mol. The van der Waals surface area contributed by atoms with Crippen LogP contribution in [0.3, 0.4) is 0 Å². The summed E-state index contributed by atoms with van der Waals surface area (Å²) in [5.41, 5.74) is 1.07. The number of hydrogen-bond donors (Lipinski definition) is 0. The fraction of sp³-hybridized carbons (Fsp3) is 0.421. The zero-order valence-electron chi connectivity index (χ0n) is 14.4. The van der Waals surface area contributed by atoms with Crippen molar-refractivity contribution >= 4 is 29.8 Å². The monoisotopic (exact) mass is 357 g/mol. The van der Waals surface area contributed by atoms with E-state index in [4.69, 9.17) is 4.42 Å². The van der Waals surface area contributed by atoms with Crippen LogP contribution in [0.4, 0.5) is 0 Å². The maximum Gasteiger partial charge on any atom is 0.277 e. The Morgan fingerprint density at radius 3 is 2.92 bits per heavy atom. The van der Waals surface area contributed by atoms with Gasteiger partial charge in [-0.15, -0.1) is 10.2 Å². The van der Waals surface area contributed by atoms with E-state index in [-0.39, 0.29) is 5.91 Å². The van der Waals surface area contributed by atoms with Crippen molar-refractivity contribution in [1.29, 1.82) is 0 Å². The number of benzene rings is 1. The number of piperidine rings is 1. The molecule has 3 rings (SSSR count). The van der Waals surface area contributed by atoms with Crippen LogP contribution in [0.2, 0.25) is 0 Å². The van der Waals surface area contributed by atoms with Crippen molar-refractivity contribution in [2.75, 3.05) is 12.3 Å². The van der Waals surface area contributed by atoms with Crippen LogP contribution in [0.1, 0.15) is 44.1 Å². The summed E-state index contributed by atoms with van der Waals surface area (Å²) < 4.78 is 5.58. The third-order valence-electron chi connectivity index (χ3n) is 4.38. The van der Waals surface area contributed by atoms with E-state index in [2.05, 4.69) is 17.1 Å². The quantitative estimate of drug-likeness (QED) is 0.728. The van der Waals surface area contributed by atoms with Crippen LogP contribution in [0.15, 0.2) is 40.0 Å². The highest BCUT2D eigenvalue weighted by atomic mass is 32.2. The van der Waals surface area contributed by atoms with Crippen molar-refractivity contribution in [2.24, 2.45) is 0 Å². The van der Waals surface area contributed by atoms with Gasteiger partial charge in [0.15, 0.2) is 0 Å². The van der Waals surface area contributed by atoms with E-state index in [1.807, 2.05) is 41.3 Å². The van der Waals surface area contributed by atoms with Crippen LogP contribution in [-0.2, 0) is 4.79 Å². The molecule has 1 saturated heterocycles. The molecule has 0 bridgehead atoms. The number of carbonyl (C=O) groups excluding carboxylic acids is 1. The number of amides is 1. The van der Waals surface area contributed by atoms with Gasteiger partial charge in [0.1, 0.15) is 0 Å². The standard InChI is InChI=1S/C19H23N3O2S/c1-2-16-10-6-7-13-22(16)18(23)14-25-19-21-20-17(24-19)12-11-15-8-4-3-5-9-15/h3-5,8-9,11-12,16H,2,6-7,10,13-14H2,1H3/b12-11+. The molecule has 0 radical (unpaired) electrons. The Hall–Kier alpha value is -2.08. The summed E-state index contributed by atoms with van der Waals surface area (Å²) in [7, 11) is 0. The topological polar surface area (TPSA) is 59.2 Å². The molecule has 2 aromatic rings. The van der Waals surface area contributed by atoms with Gasteiger partial charge in [0, 0.05) is 18.7 Å². The first kappa shape index (κ1) is 17.7. The van der Waals surface area contributed by atoms with Crippen molar-refractivity contribution in [3.8, 4) is 0 Å². The SMILES string of the molecule is CCC1CCCCN1C(=O)CSc1nnc(/C=C/c2ccccc2)o1. The van der Waals surface area contributed by atoms with Crippen molar-refractivity contribution in [2.45, 2.75) is 43.9 Å². The maximum atomic E-state index is 12.5. The van der Waals surface area contributed by atoms with Gasteiger partial charge in [-0.05, 0) is 37.3 Å². The van der Waals surface area contributed by atoms with Crippen LogP contribution in [0.5, 0.6) is 0 Å². The van der Waals surface area contributed by atoms with E-state index in [9.17, 15) is 4.79 Å². The molecule has 2 heterocycles. The van der Waals surface area contributed by atoms with E-state index in [0.29, 0.717) is 22.9 Å². The van der Waals surface area contributed by atoms with Crippen LogP contribution in [0.25, 0.3) is 12.2 Å². The molecule has 1 aromatic heterocycles. The lowest BCUT2D eigenvalue weighted by atomic mass is 10.0. The summed E-state index contributed by atoms with van der Waals surface area (Å²) in [6, 6.07) is 10.3. The van der Waals surface area contributed by atoms with Gasteiger partial charge in [-0.2, -0.15) is 0 Å². The van der Waals surface area contributed by atoms with Gasteiger partial charge in [-0.25, -0.2) is 0 Å². The lowest BCUT2D eigenvalue weighted by molar-refractivity contribution is -0.132. The van der Waals surface area contributed by atoms with Crippen LogP contribution >= 0.6 is 11.8 Å². The normalized spacial score (nSPS) is 18.0. The van der Waals surface area contributed by atoms with Crippen molar-refractivity contribution in [3.05, 3.63) is 41.8 Å². The number of aromatic nitrogens is 2. The lowest BCUT2D eigenvalue weighted by Crippen LogP contribution is -2.44. The van der Waals surface area contributed by atoms with Crippen LogP contribution in [-0.4, -0.2) is 39.3 Å². The molecule has 1 unspecified atom stereocenters. The highest BCUT2D eigenvalue weighted by Crippen LogP contribution is 2.23. The Labute approximate surface area is 152 Å². The van der Waals surface area contributed by atoms with E-state index in [1.165, 1.54) is 18.2 Å². The van der Waals surface area contributed by atoms with Gasteiger partial charge in [-0.1, -0.05) is 49.0 Å².